The van der Waals surface area contributed by atoms with Gasteiger partial charge >= 0.3 is 0 Å². The van der Waals surface area contributed by atoms with Crippen molar-refractivity contribution in [2.45, 2.75) is 39.4 Å². The minimum atomic E-state index is 0. The zero-order valence-electron chi connectivity index (χ0n) is 16.6. The summed E-state index contributed by atoms with van der Waals surface area (Å²) in [4.78, 5) is 7.14. The van der Waals surface area contributed by atoms with Gasteiger partial charge in [-0.1, -0.05) is 31.2 Å². The molecule has 0 spiro atoms. The van der Waals surface area contributed by atoms with Crippen molar-refractivity contribution in [1.29, 1.82) is 0 Å². The van der Waals surface area contributed by atoms with Gasteiger partial charge in [-0.25, -0.2) is 4.99 Å². The second kappa shape index (κ2) is 10.4. The summed E-state index contributed by atoms with van der Waals surface area (Å²) in [5, 5.41) is 11.7. The van der Waals surface area contributed by atoms with Gasteiger partial charge in [-0.3, -0.25) is 0 Å². The molecule has 0 radical (unpaired) electrons. The van der Waals surface area contributed by atoms with Gasteiger partial charge in [0, 0.05) is 32.6 Å². The Labute approximate surface area is 188 Å². The van der Waals surface area contributed by atoms with E-state index in [1.807, 2.05) is 12.1 Å². The maximum atomic E-state index is 5.45. The van der Waals surface area contributed by atoms with Crippen LogP contribution in [0.3, 0.4) is 0 Å². The number of hydrogen-bond acceptors (Lipinski definition) is 4. The fourth-order valence-corrected chi connectivity index (χ4v) is 3.53. The van der Waals surface area contributed by atoms with Crippen LogP contribution in [0.5, 0.6) is 0 Å². The highest BCUT2D eigenvalue weighted by molar-refractivity contribution is 14.0. The van der Waals surface area contributed by atoms with Crippen LogP contribution in [0.4, 0.5) is 0 Å². The molecule has 0 amide bonds. The molecule has 0 unspecified atom stereocenters. The van der Waals surface area contributed by atoms with Gasteiger partial charge < -0.3 is 19.2 Å². The Morgan fingerprint density at radius 2 is 2.07 bits per heavy atom. The molecule has 0 bridgehead atoms. The minimum absolute atomic E-state index is 0. The van der Waals surface area contributed by atoms with Gasteiger partial charge in [0.1, 0.15) is 24.5 Å². The zero-order chi connectivity index (χ0) is 19.2. The van der Waals surface area contributed by atoms with Crippen LogP contribution >= 0.6 is 24.0 Å². The number of aromatic nitrogens is 3. The van der Waals surface area contributed by atoms with Crippen LogP contribution < -0.4 is 5.32 Å². The van der Waals surface area contributed by atoms with Crippen LogP contribution in [-0.2, 0) is 32.5 Å². The number of fused-ring (bicyclic) bond motifs is 1. The molecule has 1 aliphatic rings. The molecular formula is C21H27IN6O. The normalized spacial score (nSPS) is 13.7. The fraction of sp³-hybridized carbons (Fsp3) is 0.381. The average molecular weight is 506 g/mol. The van der Waals surface area contributed by atoms with E-state index >= 15 is 0 Å². The summed E-state index contributed by atoms with van der Waals surface area (Å²) in [6.45, 7) is 6.01. The molecule has 1 aromatic carbocycles. The van der Waals surface area contributed by atoms with E-state index in [1.165, 1.54) is 11.1 Å². The predicted octanol–water partition coefficient (Wildman–Crippen LogP) is 3.26. The largest absolute Gasteiger partial charge is 0.467 e. The first-order valence-electron chi connectivity index (χ1n) is 9.82. The number of furan rings is 1. The first kappa shape index (κ1) is 21.4. The molecule has 4 rings (SSSR count). The number of nitrogens with zero attached hydrogens (tertiary/aromatic N) is 5. The number of rotatable bonds is 6. The minimum Gasteiger partial charge on any atom is -0.467 e. The van der Waals surface area contributed by atoms with Gasteiger partial charge in [0.15, 0.2) is 5.96 Å². The standard InChI is InChI=1S/C21H26N6O.HI/c1-2-20-25-24-16-27(20)12-10-22-21(23-14-19-8-5-13-28-19)26-11-9-17-6-3-4-7-18(17)15-26;/h3-8,13,16H,2,9-12,14-15H2,1H3,(H,22,23);1H. The molecule has 8 heteroatoms. The van der Waals surface area contributed by atoms with Crippen molar-refractivity contribution in [3.05, 3.63) is 71.7 Å². The lowest BCUT2D eigenvalue weighted by Crippen LogP contribution is -2.45. The van der Waals surface area contributed by atoms with E-state index in [9.17, 15) is 0 Å². The molecule has 3 aromatic rings. The molecule has 7 nitrogen and oxygen atoms in total. The van der Waals surface area contributed by atoms with Gasteiger partial charge in [0.2, 0.25) is 0 Å². The lowest BCUT2D eigenvalue weighted by atomic mass is 10.0. The molecule has 0 saturated carbocycles. The van der Waals surface area contributed by atoms with Gasteiger partial charge in [0.05, 0.1) is 6.26 Å². The van der Waals surface area contributed by atoms with Crippen LogP contribution in [0.1, 0.15) is 29.6 Å². The number of halogens is 1. The highest BCUT2D eigenvalue weighted by Crippen LogP contribution is 2.18. The van der Waals surface area contributed by atoms with E-state index in [4.69, 9.17) is 9.41 Å². The molecule has 0 saturated heterocycles. The first-order valence-corrected chi connectivity index (χ1v) is 9.82. The first-order chi connectivity index (χ1) is 13.8. The number of benzene rings is 1. The lowest BCUT2D eigenvalue weighted by Gasteiger charge is -2.32. The van der Waals surface area contributed by atoms with E-state index in [-0.39, 0.29) is 24.0 Å². The second-order valence-corrected chi connectivity index (χ2v) is 6.88. The van der Waals surface area contributed by atoms with Crippen LogP contribution in [0.2, 0.25) is 0 Å². The number of hydrogen-bond donors (Lipinski definition) is 1. The third-order valence-corrected chi connectivity index (χ3v) is 5.04. The van der Waals surface area contributed by atoms with Crippen LogP contribution in [0.15, 0.2) is 58.4 Å². The molecule has 3 heterocycles. The predicted molar refractivity (Wildman–Crippen MR) is 123 cm³/mol. The van der Waals surface area contributed by atoms with Gasteiger partial charge in [-0.15, -0.1) is 34.2 Å². The highest BCUT2D eigenvalue weighted by atomic mass is 127. The van der Waals surface area contributed by atoms with Crippen molar-refractivity contribution in [2.24, 2.45) is 4.99 Å². The zero-order valence-corrected chi connectivity index (χ0v) is 19.0. The third-order valence-electron chi connectivity index (χ3n) is 5.04. The average Bonchev–Trinajstić information content (AvgIpc) is 3.42. The third kappa shape index (κ3) is 5.37. The summed E-state index contributed by atoms with van der Waals surface area (Å²) in [7, 11) is 0. The van der Waals surface area contributed by atoms with Crippen LogP contribution in [0.25, 0.3) is 0 Å². The van der Waals surface area contributed by atoms with Gasteiger partial charge in [-0.05, 0) is 29.7 Å². The fourth-order valence-electron chi connectivity index (χ4n) is 3.53. The molecule has 0 fully saturated rings. The summed E-state index contributed by atoms with van der Waals surface area (Å²) in [5.74, 6) is 2.78. The van der Waals surface area contributed by atoms with Crippen molar-refractivity contribution in [1.82, 2.24) is 25.0 Å². The smallest absolute Gasteiger partial charge is 0.194 e. The van der Waals surface area contributed by atoms with Gasteiger partial charge in [-0.2, -0.15) is 0 Å². The van der Waals surface area contributed by atoms with Crippen molar-refractivity contribution >= 4 is 29.9 Å². The summed E-state index contributed by atoms with van der Waals surface area (Å²) < 4.78 is 7.53. The molecule has 1 N–H and O–H groups in total. The molecule has 154 valence electrons. The molecule has 29 heavy (non-hydrogen) atoms. The molecule has 0 atom stereocenters. The Hall–Kier alpha value is -2.36. The van der Waals surface area contributed by atoms with E-state index in [0.29, 0.717) is 6.54 Å². The number of guanidine groups is 1. The number of nitrogens with one attached hydrogen (secondary N) is 1. The Morgan fingerprint density at radius 3 is 2.86 bits per heavy atom. The molecular weight excluding hydrogens is 479 g/mol. The number of aliphatic imine (C=N–C) groups is 1. The summed E-state index contributed by atoms with van der Waals surface area (Å²) in [6.07, 6.45) is 5.39. The Bertz CT molecular complexity index is 921. The molecule has 2 aromatic heterocycles. The topological polar surface area (TPSA) is 71.5 Å². The lowest BCUT2D eigenvalue weighted by molar-refractivity contribution is 0.375. The van der Waals surface area contributed by atoms with E-state index in [1.54, 1.807) is 12.6 Å². The maximum Gasteiger partial charge on any atom is 0.194 e. The van der Waals surface area contributed by atoms with Crippen LogP contribution in [-0.4, -0.2) is 38.7 Å². The van der Waals surface area contributed by atoms with E-state index < -0.39 is 0 Å². The monoisotopic (exact) mass is 506 g/mol. The van der Waals surface area contributed by atoms with Gasteiger partial charge in [0.25, 0.3) is 0 Å². The number of aryl methyl sites for hydroxylation is 1. The van der Waals surface area contributed by atoms with Crippen molar-refractivity contribution in [3.8, 4) is 0 Å². The summed E-state index contributed by atoms with van der Waals surface area (Å²) in [6, 6.07) is 12.5. The second-order valence-electron chi connectivity index (χ2n) is 6.88. The summed E-state index contributed by atoms with van der Waals surface area (Å²) >= 11 is 0. The molecule has 0 aliphatic carbocycles. The SMILES string of the molecule is CCc1nncn1CCNC(=NCc1ccco1)N1CCc2ccccc2C1.I. The van der Waals surface area contributed by atoms with Crippen molar-refractivity contribution < 1.29 is 4.42 Å². The Kier molecular flexibility index (Phi) is 7.68. The molecule has 1 aliphatic heterocycles. The maximum absolute atomic E-state index is 5.45. The van der Waals surface area contributed by atoms with Crippen molar-refractivity contribution in [3.63, 3.8) is 0 Å². The highest BCUT2D eigenvalue weighted by Gasteiger charge is 2.19. The van der Waals surface area contributed by atoms with E-state index in [0.717, 1.165) is 56.6 Å². The Morgan fingerprint density at radius 1 is 1.21 bits per heavy atom. The summed E-state index contributed by atoms with van der Waals surface area (Å²) in [5.41, 5.74) is 2.80. The quantitative estimate of drug-likeness (QED) is 0.316. The Balaban J connectivity index is 0.00000240. The van der Waals surface area contributed by atoms with Crippen molar-refractivity contribution in [2.75, 3.05) is 13.1 Å². The van der Waals surface area contributed by atoms with Crippen LogP contribution in [0, 0.1) is 0 Å². The van der Waals surface area contributed by atoms with E-state index in [2.05, 4.69) is 56.2 Å².